The minimum atomic E-state index is -0.645. The van der Waals surface area contributed by atoms with Gasteiger partial charge in [0, 0.05) is 57.8 Å². The van der Waals surface area contributed by atoms with Crippen LogP contribution in [0, 0.1) is 0 Å². The molecule has 40 heavy (non-hydrogen) atoms. The molecule has 1 saturated heterocycles. The van der Waals surface area contributed by atoms with Crippen molar-refractivity contribution in [1.82, 2.24) is 19.7 Å². The predicted molar refractivity (Wildman–Crippen MR) is 155 cm³/mol. The van der Waals surface area contributed by atoms with E-state index in [2.05, 4.69) is 25.8 Å². The first-order valence-corrected chi connectivity index (χ1v) is 14.4. The van der Waals surface area contributed by atoms with E-state index in [1.165, 1.54) is 0 Å². The van der Waals surface area contributed by atoms with E-state index >= 15 is 0 Å². The zero-order chi connectivity index (χ0) is 29.7. The molecular formula is C29H41BrN4O6. The van der Waals surface area contributed by atoms with E-state index in [4.69, 9.17) is 13.9 Å². The van der Waals surface area contributed by atoms with Crippen molar-refractivity contribution in [3.63, 3.8) is 0 Å². The molecule has 220 valence electrons. The van der Waals surface area contributed by atoms with Gasteiger partial charge in [-0.25, -0.2) is 14.6 Å². The van der Waals surface area contributed by atoms with E-state index in [0.29, 0.717) is 74.1 Å². The van der Waals surface area contributed by atoms with Crippen LogP contribution in [0.2, 0.25) is 0 Å². The Balaban J connectivity index is 1.89. The summed E-state index contributed by atoms with van der Waals surface area (Å²) in [5, 5.41) is 0. The topological polar surface area (TPSA) is 105 Å². The molecule has 1 fully saturated rings. The number of pyridine rings is 1. The Bertz CT molecular complexity index is 1160. The minimum Gasteiger partial charge on any atom is -0.449 e. The zero-order valence-electron chi connectivity index (χ0n) is 24.6. The Morgan fingerprint density at radius 1 is 0.875 bits per heavy atom. The van der Waals surface area contributed by atoms with Crippen LogP contribution in [0.15, 0.2) is 33.4 Å². The van der Waals surface area contributed by atoms with E-state index in [9.17, 15) is 14.4 Å². The summed E-state index contributed by atoms with van der Waals surface area (Å²) in [6, 6.07) is 7.28. The highest BCUT2D eigenvalue weighted by atomic mass is 79.9. The number of rotatable bonds is 5. The maximum atomic E-state index is 13.0. The van der Waals surface area contributed by atoms with Gasteiger partial charge in [-0.3, -0.25) is 9.69 Å². The Labute approximate surface area is 245 Å². The van der Waals surface area contributed by atoms with Gasteiger partial charge in [0.1, 0.15) is 22.7 Å². The molecule has 2 aromatic heterocycles. The molecule has 0 aliphatic carbocycles. The largest absolute Gasteiger partial charge is 0.449 e. The van der Waals surface area contributed by atoms with Crippen LogP contribution in [0.4, 0.5) is 9.59 Å². The molecule has 10 nitrogen and oxygen atoms in total. The van der Waals surface area contributed by atoms with Gasteiger partial charge in [-0.1, -0.05) is 6.92 Å². The highest BCUT2D eigenvalue weighted by Gasteiger charge is 2.28. The number of hydrogen-bond donors (Lipinski definition) is 0. The lowest BCUT2D eigenvalue weighted by Gasteiger charge is -2.30. The molecule has 0 atom stereocenters. The third kappa shape index (κ3) is 9.62. The van der Waals surface area contributed by atoms with Crippen LogP contribution in [0.1, 0.15) is 71.1 Å². The third-order valence-corrected chi connectivity index (χ3v) is 6.47. The first-order chi connectivity index (χ1) is 18.6. The first-order valence-electron chi connectivity index (χ1n) is 13.6. The van der Waals surface area contributed by atoms with Gasteiger partial charge in [-0.15, -0.1) is 0 Å². The fraction of sp³-hybridized carbons (Fsp3) is 0.586. The molecule has 1 aliphatic rings. The molecule has 3 rings (SSSR count). The molecule has 11 heteroatoms. The molecule has 0 radical (unpaired) electrons. The molecule has 0 bridgehead atoms. The van der Waals surface area contributed by atoms with Crippen molar-refractivity contribution in [1.29, 1.82) is 0 Å². The molecule has 0 spiro atoms. The molecule has 0 N–H and O–H groups in total. The smallest absolute Gasteiger partial charge is 0.410 e. The zero-order valence-corrected chi connectivity index (χ0v) is 26.2. The molecule has 1 aliphatic heterocycles. The van der Waals surface area contributed by atoms with Gasteiger partial charge in [0.05, 0.1) is 5.69 Å². The summed E-state index contributed by atoms with van der Waals surface area (Å²) in [6.07, 6.45) is -0.535. The van der Waals surface area contributed by atoms with E-state index in [1.54, 1.807) is 28.9 Å². The monoisotopic (exact) mass is 620 g/mol. The molecule has 0 aromatic carbocycles. The highest BCUT2D eigenvalue weighted by Crippen LogP contribution is 2.27. The molecular weight excluding hydrogens is 580 g/mol. The summed E-state index contributed by atoms with van der Waals surface area (Å²) in [6.45, 7) is 15.7. The Morgan fingerprint density at radius 2 is 1.40 bits per heavy atom. The number of carbonyl (C=O) groups is 3. The summed E-state index contributed by atoms with van der Waals surface area (Å²) in [5.41, 5.74) is 0.523. The van der Waals surface area contributed by atoms with Gasteiger partial charge in [0.15, 0.2) is 10.5 Å². The average molecular weight is 622 g/mol. The molecule has 2 aromatic rings. The number of halogens is 1. The van der Waals surface area contributed by atoms with Gasteiger partial charge in [-0.05, 0) is 81.7 Å². The van der Waals surface area contributed by atoms with Gasteiger partial charge in [0.25, 0.3) is 0 Å². The lowest BCUT2D eigenvalue weighted by Crippen LogP contribution is -2.44. The second-order valence-electron chi connectivity index (χ2n) is 11.8. The number of aromatic nitrogens is 1. The van der Waals surface area contributed by atoms with Crippen LogP contribution >= 0.6 is 15.9 Å². The van der Waals surface area contributed by atoms with Gasteiger partial charge in [-0.2, -0.15) is 0 Å². The average Bonchev–Trinajstić information content (AvgIpc) is 3.31. The van der Waals surface area contributed by atoms with Crippen LogP contribution in [0.3, 0.4) is 0 Å². The number of hydrogen-bond acceptors (Lipinski definition) is 8. The maximum absolute atomic E-state index is 13.0. The van der Waals surface area contributed by atoms with Crippen molar-refractivity contribution < 1.29 is 28.3 Å². The van der Waals surface area contributed by atoms with Gasteiger partial charge >= 0.3 is 12.2 Å². The predicted octanol–water partition coefficient (Wildman–Crippen LogP) is 5.99. The van der Waals surface area contributed by atoms with Crippen molar-refractivity contribution in [2.45, 2.75) is 72.6 Å². The summed E-state index contributed by atoms with van der Waals surface area (Å²) in [5.74, 6) is 0.558. The van der Waals surface area contributed by atoms with E-state index < -0.39 is 23.4 Å². The highest BCUT2D eigenvalue weighted by molar-refractivity contribution is 9.10. The second kappa shape index (κ2) is 13.2. The van der Waals surface area contributed by atoms with Gasteiger partial charge < -0.3 is 23.7 Å². The lowest BCUT2D eigenvalue weighted by molar-refractivity contribution is 0.0154. The Kier molecular flexibility index (Phi) is 10.4. The van der Waals surface area contributed by atoms with Crippen LogP contribution in [0.25, 0.3) is 11.3 Å². The summed E-state index contributed by atoms with van der Waals surface area (Å²) in [4.78, 5) is 48.7. The fourth-order valence-corrected chi connectivity index (χ4v) is 4.42. The Hall–Kier alpha value is -2.92. The lowest BCUT2D eigenvalue weighted by atomic mass is 10.1. The number of nitrogens with zero attached hydrogens (tertiary/aromatic N) is 4. The number of amides is 2. The molecule has 3 heterocycles. The second-order valence-corrected chi connectivity index (χ2v) is 12.6. The van der Waals surface area contributed by atoms with Crippen molar-refractivity contribution in [2.75, 3.05) is 39.3 Å². The number of ketones is 1. The van der Waals surface area contributed by atoms with E-state index in [1.807, 2.05) is 53.7 Å². The van der Waals surface area contributed by atoms with Crippen LogP contribution in [-0.4, -0.2) is 88.1 Å². The molecule has 2 amide bonds. The van der Waals surface area contributed by atoms with E-state index in [-0.39, 0.29) is 5.78 Å². The number of furan rings is 1. The number of Topliss-reactive ketones (excluding diaryl/α,β-unsaturated/α-hetero) is 1. The van der Waals surface area contributed by atoms with Crippen LogP contribution in [-0.2, 0) is 16.0 Å². The maximum Gasteiger partial charge on any atom is 0.410 e. The van der Waals surface area contributed by atoms with Crippen molar-refractivity contribution in [3.05, 3.63) is 40.3 Å². The Morgan fingerprint density at radius 3 is 1.85 bits per heavy atom. The van der Waals surface area contributed by atoms with Crippen LogP contribution in [0.5, 0.6) is 0 Å². The van der Waals surface area contributed by atoms with Gasteiger partial charge in [0.2, 0.25) is 0 Å². The number of carbonyl (C=O) groups excluding carboxylic acids is 3. The van der Waals surface area contributed by atoms with Crippen molar-refractivity contribution in [2.24, 2.45) is 0 Å². The van der Waals surface area contributed by atoms with Crippen molar-refractivity contribution >= 4 is 33.9 Å². The quantitative estimate of drug-likeness (QED) is 0.375. The third-order valence-electron chi connectivity index (χ3n) is 6.04. The normalized spacial score (nSPS) is 15.7. The van der Waals surface area contributed by atoms with E-state index in [0.717, 1.165) is 5.56 Å². The summed E-state index contributed by atoms with van der Waals surface area (Å²) >= 11 is 3.34. The summed E-state index contributed by atoms with van der Waals surface area (Å²) < 4.78 is 17.6. The minimum absolute atomic E-state index is 0.0645. The van der Waals surface area contributed by atoms with Crippen molar-refractivity contribution in [3.8, 4) is 11.3 Å². The molecule has 0 saturated carbocycles. The fourth-order valence-electron chi connectivity index (χ4n) is 4.11. The molecule has 0 unspecified atom stereocenters. The first kappa shape index (κ1) is 31.6. The SMILES string of the molecule is CCC(=O)c1cc(-c2ccc(Br)o2)cc(CN2CCN(C(=O)OC(C)(C)C)CCN(C(=O)OC(C)(C)C)CC2)n1. The standard InChI is InChI=1S/C29H41BrN4O6/c1-8-23(35)22-18-20(24-9-10-25(30)38-24)17-21(31-22)19-32-11-13-33(26(36)39-28(2,3)4)15-16-34(14-12-32)27(37)40-29(5,6)7/h9-10,17-18H,8,11-16,19H2,1-7H3. The summed E-state index contributed by atoms with van der Waals surface area (Å²) in [7, 11) is 0. The van der Waals surface area contributed by atoms with Crippen LogP contribution < -0.4 is 0 Å². The number of ether oxygens (including phenoxy) is 2.